The Hall–Kier alpha value is -0.860. The fraction of sp³-hybridized carbons (Fsp3) is 0.556. The molecule has 1 aromatic rings. The van der Waals surface area contributed by atoms with Crippen molar-refractivity contribution in [1.29, 1.82) is 0 Å². The van der Waals surface area contributed by atoms with Crippen molar-refractivity contribution < 1.29 is 18.0 Å². The molecule has 18 heavy (non-hydrogen) atoms. The summed E-state index contributed by atoms with van der Waals surface area (Å²) in [7, 11) is 0. The van der Waals surface area contributed by atoms with Gasteiger partial charge in [0.15, 0.2) is 5.69 Å². The van der Waals surface area contributed by atoms with Gasteiger partial charge in [-0.1, -0.05) is 0 Å². The van der Waals surface area contributed by atoms with Gasteiger partial charge in [-0.3, -0.25) is 4.79 Å². The van der Waals surface area contributed by atoms with Gasteiger partial charge in [0.2, 0.25) is 5.91 Å². The predicted octanol–water partition coefficient (Wildman–Crippen LogP) is 1.94. The molecule has 9 heteroatoms. The average Bonchev–Trinajstić information content (AvgIpc) is 2.61. The highest BCUT2D eigenvalue weighted by Crippen LogP contribution is 2.29. The van der Waals surface area contributed by atoms with Gasteiger partial charge in [-0.15, -0.1) is 23.7 Å². The zero-order chi connectivity index (χ0) is 13.1. The van der Waals surface area contributed by atoms with E-state index in [2.05, 4.69) is 10.3 Å². The van der Waals surface area contributed by atoms with Crippen molar-refractivity contribution in [2.75, 3.05) is 0 Å². The first kappa shape index (κ1) is 17.1. The van der Waals surface area contributed by atoms with Gasteiger partial charge in [-0.2, -0.15) is 13.2 Å². The number of thiazole rings is 1. The molecule has 0 aliphatic carbocycles. The van der Waals surface area contributed by atoms with E-state index in [9.17, 15) is 18.0 Å². The summed E-state index contributed by atoms with van der Waals surface area (Å²) in [5.41, 5.74) is 4.47. The lowest BCUT2D eigenvalue weighted by Gasteiger charge is -2.05. The van der Waals surface area contributed by atoms with Crippen LogP contribution in [0.15, 0.2) is 5.38 Å². The maximum absolute atomic E-state index is 12.2. The number of nitrogens with zero attached hydrogens (tertiary/aromatic N) is 1. The predicted molar refractivity (Wildman–Crippen MR) is 64.5 cm³/mol. The monoisotopic (exact) mass is 303 g/mol. The molecule has 3 N–H and O–H groups in total. The van der Waals surface area contributed by atoms with Crippen LogP contribution in [0.3, 0.4) is 0 Å². The molecule has 1 heterocycles. The maximum Gasteiger partial charge on any atom is 0.434 e. The van der Waals surface area contributed by atoms with E-state index in [1.54, 1.807) is 6.92 Å². The van der Waals surface area contributed by atoms with Crippen LogP contribution in [0.2, 0.25) is 0 Å². The number of carbonyl (C=O) groups is 1. The van der Waals surface area contributed by atoms with Gasteiger partial charge in [0.25, 0.3) is 0 Å². The summed E-state index contributed by atoms with van der Waals surface area (Å²) >= 11 is 0.860. The normalized spacial score (nSPS) is 12.7. The summed E-state index contributed by atoms with van der Waals surface area (Å²) in [4.78, 5) is 14.6. The molecule has 0 aromatic carbocycles. The second kappa shape index (κ2) is 6.91. The molecule has 0 aliphatic heterocycles. The molecule has 0 fully saturated rings. The minimum Gasteiger partial charge on any atom is -0.350 e. The van der Waals surface area contributed by atoms with Crippen LogP contribution in [0, 0.1) is 0 Å². The third kappa shape index (κ3) is 5.65. The Morgan fingerprint density at radius 1 is 1.61 bits per heavy atom. The second-order valence-electron chi connectivity index (χ2n) is 3.58. The minimum absolute atomic E-state index is 0. The quantitative estimate of drug-likeness (QED) is 0.893. The summed E-state index contributed by atoms with van der Waals surface area (Å²) in [5, 5.41) is 3.60. The summed E-state index contributed by atoms with van der Waals surface area (Å²) in [6.45, 7) is 1.66. The van der Waals surface area contributed by atoms with E-state index in [1.165, 1.54) is 0 Å². The molecule has 4 nitrogen and oxygen atoms in total. The van der Waals surface area contributed by atoms with Gasteiger partial charge in [-0.25, -0.2) is 4.98 Å². The number of alkyl halides is 3. The number of nitrogens with one attached hydrogen (secondary N) is 1. The fourth-order valence-corrected chi connectivity index (χ4v) is 1.80. The van der Waals surface area contributed by atoms with Crippen molar-refractivity contribution in [3.63, 3.8) is 0 Å². The molecule has 1 aromatic heterocycles. The number of rotatable bonds is 4. The van der Waals surface area contributed by atoms with E-state index in [1.807, 2.05) is 0 Å². The highest BCUT2D eigenvalue weighted by atomic mass is 35.5. The van der Waals surface area contributed by atoms with Gasteiger partial charge < -0.3 is 11.1 Å². The van der Waals surface area contributed by atoms with E-state index in [0.29, 0.717) is 0 Å². The molecule has 0 radical (unpaired) electrons. The summed E-state index contributed by atoms with van der Waals surface area (Å²) in [6.07, 6.45) is -4.30. The Bertz CT molecular complexity index is 395. The third-order valence-corrected chi connectivity index (χ3v) is 2.64. The first-order chi connectivity index (χ1) is 7.79. The van der Waals surface area contributed by atoms with Crippen molar-refractivity contribution in [3.8, 4) is 0 Å². The molecular weight excluding hydrogens is 291 g/mol. The van der Waals surface area contributed by atoms with Gasteiger partial charge in [0.1, 0.15) is 5.01 Å². The molecular formula is C9H13ClF3N3OS. The molecule has 1 atom stereocenters. The highest BCUT2D eigenvalue weighted by molar-refractivity contribution is 7.09. The summed E-state index contributed by atoms with van der Waals surface area (Å²) < 4.78 is 36.6. The third-order valence-electron chi connectivity index (χ3n) is 1.79. The SMILES string of the molecule is CC(N)CC(=O)NCc1nc(C(F)(F)F)cs1.Cl. The van der Waals surface area contributed by atoms with Crippen molar-refractivity contribution >= 4 is 29.7 Å². The van der Waals surface area contributed by atoms with Crippen LogP contribution in [0.4, 0.5) is 13.2 Å². The molecule has 0 spiro atoms. The van der Waals surface area contributed by atoms with Crippen LogP contribution in [-0.4, -0.2) is 16.9 Å². The second-order valence-corrected chi connectivity index (χ2v) is 4.53. The molecule has 104 valence electrons. The average molecular weight is 304 g/mol. The zero-order valence-corrected chi connectivity index (χ0v) is 11.1. The Morgan fingerprint density at radius 2 is 2.22 bits per heavy atom. The Morgan fingerprint density at radius 3 is 2.67 bits per heavy atom. The van der Waals surface area contributed by atoms with E-state index >= 15 is 0 Å². The zero-order valence-electron chi connectivity index (χ0n) is 9.45. The van der Waals surface area contributed by atoms with Crippen LogP contribution < -0.4 is 11.1 Å². The number of aromatic nitrogens is 1. The maximum atomic E-state index is 12.2. The molecule has 0 saturated heterocycles. The lowest BCUT2D eigenvalue weighted by molar-refractivity contribution is -0.140. The molecule has 0 bridgehead atoms. The molecule has 1 unspecified atom stereocenters. The molecule has 0 aliphatic rings. The van der Waals surface area contributed by atoms with Crippen LogP contribution >= 0.6 is 23.7 Å². The number of halogens is 4. The number of hydrogen-bond acceptors (Lipinski definition) is 4. The smallest absolute Gasteiger partial charge is 0.350 e. The minimum atomic E-state index is -4.44. The van der Waals surface area contributed by atoms with Gasteiger partial charge in [0, 0.05) is 17.8 Å². The van der Waals surface area contributed by atoms with Crippen LogP contribution in [0.5, 0.6) is 0 Å². The molecule has 1 rings (SSSR count). The lowest BCUT2D eigenvalue weighted by Crippen LogP contribution is -2.29. The van der Waals surface area contributed by atoms with Crippen molar-refractivity contribution in [1.82, 2.24) is 10.3 Å². The Kier molecular flexibility index (Phi) is 6.58. The summed E-state index contributed by atoms with van der Waals surface area (Å²) in [6, 6.07) is -0.281. The molecule has 1 amide bonds. The van der Waals surface area contributed by atoms with Crippen molar-refractivity contribution in [3.05, 3.63) is 16.1 Å². The van der Waals surface area contributed by atoms with E-state index < -0.39 is 11.9 Å². The summed E-state index contributed by atoms with van der Waals surface area (Å²) in [5.74, 6) is -0.302. The lowest BCUT2D eigenvalue weighted by atomic mass is 10.2. The van der Waals surface area contributed by atoms with Crippen molar-refractivity contribution in [2.24, 2.45) is 5.73 Å². The topological polar surface area (TPSA) is 68.0 Å². The first-order valence-corrected chi connectivity index (χ1v) is 5.71. The Labute approximate surface area is 112 Å². The number of carbonyl (C=O) groups excluding carboxylic acids is 1. The number of nitrogens with two attached hydrogens (primary N) is 1. The van der Waals surface area contributed by atoms with E-state index in [0.717, 1.165) is 16.7 Å². The van der Waals surface area contributed by atoms with Gasteiger partial charge in [0.05, 0.1) is 6.54 Å². The van der Waals surface area contributed by atoms with Crippen LogP contribution in [0.25, 0.3) is 0 Å². The van der Waals surface area contributed by atoms with Gasteiger partial charge in [-0.05, 0) is 6.92 Å². The van der Waals surface area contributed by atoms with Crippen LogP contribution in [-0.2, 0) is 17.5 Å². The standard InChI is InChI=1S/C9H12F3N3OS.ClH/c1-5(13)2-7(16)14-3-8-15-6(4-17-8)9(10,11)12;/h4-5H,2-3,13H2,1H3,(H,14,16);1H. The Balaban J connectivity index is 0.00000289. The largest absolute Gasteiger partial charge is 0.434 e. The fourth-order valence-electron chi connectivity index (χ4n) is 1.06. The number of amides is 1. The van der Waals surface area contributed by atoms with E-state index in [4.69, 9.17) is 5.73 Å². The first-order valence-electron chi connectivity index (χ1n) is 4.83. The van der Waals surface area contributed by atoms with Gasteiger partial charge >= 0.3 is 6.18 Å². The van der Waals surface area contributed by atoms with Crippen LogP contribution in [0.1, 0.15) is 24.0 Å². The van der Waals surface area contributed by atoms with E-state index in [-0.39, 0.29) is 42.3 Å². The molecule has 0 saturated carbocycles. The number of hydrogen-bond donors (Lipinski definition) is 2. The highest BCUT2D eigenvalue weighted by Gasteiger charge is 2.33. The van der Waals surface area contributed by atoms with Crippen molar-refractivity contribution in [2.45, 2.75) is 32.1 Å².